The van der Waals surface area contributed by atoms with Crippen LogP contribution in [0.3, 0.4) is 0 Å². The minimum absolute atomic E-state index is 0.286. The molecular formula is C13H7BrClFN2O3. The average Bonchev–Trinajstić information content (AvgIpc) is 2.42. The maximum Gasteiger partial charge on any atom is 0.272 e. The van der Waals surface area contributed by atoms with E-state index in [1.54, 1.807) is 18.2 Å². The van der Waals surface area contributed by atoms with E-state index >= 15 is 0 Å². The fourth-order valence-corrected chi connectivity index (χ4v) is 2.11. The lowest BCUT2D eigenvalue weighted by molar-refractivity contribution is -0.385. The number of carbonyl (C=O) groups excluding carboxylic acids is 1. The van der Waals surface area contributed by atoms with Gasteiger partial charge < -0.3 is 5.32 Å². The van der Waals surface area contributed by atoms with Crippen LogP contribution in [0, 0.1) is 15.9 Å². The third-order valence-corrected chi connectivity index (χ3v) is 3.41. The lowest BCUT2D eigenvalue weighted by Crippen LogP contribution is -2.14. The summed E-state index contributed by atoms with van der Waals surface area (Å²) in [6, 6.07) is 7.61. The number of nitro benzene ring substituents is 1. The standard InChI is InChI=1S/C13H7BrClFN2O3/c14-7-1-4-10(15)12(5-7)17-13(19)9-3-2-8(18(20)21)6-11(9)16/h1-6H,(H,17,19). The van der Waals surface area contributed by atoms with Crippen molar-refractivity contribution in [3.63, 3.8) is 0 Å². The Bertz CT molecular complexity index is 739. The first-order valence-electron chi connectivity index (χ1n) is 5.59. The van der Waals surface area contributed by atoms with Gasteiger partial charge in [0.15, 0.2) is 0 Å². The van der Waals surface area contributed by atoms with Gasteiger partial charge in [-0.15, -0.1) is 0 Å². The number of nitrogens with zero attached hydrogens (tertiary/aromatic N) is 1. The number of halogens is 3. The summed E-state index contributed by atoms with van der Waals surface area (Å²) in [4.78, 5) is 21.8. The molecular weight excluding hydrogens is 367 g/mol. The van der Waals surface area contributed by atoms with E-state index in [-0.39, 0.29) is 10.6 Å². The smallest absolute Gasteiger partial charge is 0.272 e. The molecule has 0 aliphatic rings. The molecule has 108 valence electrons. The van der Waals surface area contributed by atoms with Crippen LogP contribution in [0.2, 0.25) is 5.02 Å². The summed E-state index contributed by atoms with van der Waals surface area (Å²) in [5.74, 6) is -1.73. The SMILES string of the molecule is O=C(Nc1cc(Br)ccc1Cl)c1ccc([N+](=O)[O-])cc1F. The predicted octanol–water partition coefficient (Wildman–Crippen LogP) is 4.40. The number of rotatable bonds is 3. The molecule has 0 aromatic heterocycles. The molecule has 1 amide bonds. The molecule has 0 aliphatic heterocycles. The highest BCUT2D eigenvalue weighted by molar-refractivity contribution is 9.10. The number of nitrogens with one attached hydrogen (secondary N) is 1. The number of benzene rings is 2. The second-order valence-electron chi connectivity index (χ2n) is 4.00. The van der Waals surface area contributed by atoms with E-state index in [2.05, 4.69) is 21.2 Å². The van der Waals surface area contributed by atoms with Crippen LogP contribution in [0.4, 0.5) is 15.8 Å². The second kappa shape index (κ2) is 6.19. The maximum atomic E-state index is 13.7. The van der Waals surface area contributed by atoms with Gasteiger partial charge in [-0.25, -0.2) is 4.39 Å². The van der Waals surface area contributed by atoms with Gasteiger partial charge in [-0.2, -0.15) is 0 Å². The number of nitro groups is 1. The highest BCUT2D eigenvalue weighted by atomic mass is 79.9. The number of anilines is 1. The van der Waals surface area contributed by atoms with Crippen molar-refractivity contribution >= 4 is 44.8 Å². The monoisotopic (exact) mass is 372 g/mol. The average molecular weight is 374 g/mol. The number of carbonyl (C=O) groups is 1. The molecule has 21 heavy (non-hydrogen) atoms. The van der Waals surface area contributed by atoms with Gasteiger partial charge in [0, 0.05) is 10.5 Å². The first kappa shape index (κ1) is 15.4. The fraction of sp³-hybridized carbons (Fsp3) is 0. The van der Waals surface area contributed by atoms with Gasteiger partial charge in [0.1, 0.15) is 5.82 Å². The van der Waals surface area contributed by atoms with Gasteiger partial charge in [0.25, 0.3) is 11.6 Å². The zero-order chi connectivity index (χ0) is 15.6. The van der Waals surface area contributed by atoms with Crippen molar-refractivity contribution in [1.29, 1.82) is 0 Å². The van der Waals surface area contributed by atoms with E-state index in [9.17, 15) is 19.3 Å². The fourth-order valence-electron chi connectivity index (χ4n) is 1.58. The molecule has 0 radical (unpaired) electrons. The van der Waals surface area contributed by atoms with Crippen LogP contribution in [-0.4, -0.2) is 10.8 Å². The van der Waals surface area contributed by atoms with Crippen molar-refractivity contribution in [2.24, 2.45) is 0 Å². The van der Waals surface area contributed by atoms with Crippen LogP contribution in [0.5, 0.6) is 0 Å². The van der Waals surface area contributed by atoms with Crippen molar-refractivity contribution in [2.75, 3.05) is 5.32 Å². The minimum atomic E-state index is -0.979. The van der Waals surface area contributed by atoms with Gasteiger partial charge in [-0.05, 0) is 24.3 Å². The molecule has 0 saturated heterocycles. The quantitative estimate of drug-likeness (QED) is 0.640. The molecule has 0 saturated carbocycles. The number of non-ortho nitro benzene ring substituents is 1. The molecule has 5 nitrogen and oxygen atoms in total. The third-order valence-electron chi connectivity index (χ3n) is 2.58. The predicted molar refractivity (Wildman–Crippen MR) is 80.2 cm³/mol. The van der Waals surface area contributed by atoms with E-state index in [0.29, 0.717) is 16.2 Å². The number of amides is 1. The largest absolute Gasteiger partial charge is 0.321 e. The highest BCUT2D eigenvalue weighted by Crippen LogP contribution is 2.26. The summed E-state index contributed by atoms with van der Waals surface area (Å²) < 4.78 is 14.4. The van der Waals surface area contributed by atoms with Gasteiger partial charge in [-0.1, -0.05) is 27.5 Å². The van der Waals surface area contributed by atoms with Crippen LogP contribution >= 0.6 is 27.5 Å². The first-order valence-corrected chi connectivity index (χ1v) is 6.76. The molecule has 0 unspecified atom stereocenters. The van der Waals surface area contributed by atoms with E-state index in [4.69, 9.17) is 11.6 Å². The van der Waals surface area contributed by atoms with Crippen molar-refractivity contribution < 1.29 is 14.1 Å². The Kier molecular flexibility index (Phi) is 4.54. The Morgan fingerprint density at radius 1 is 1.29 bits per heavy atom. The lowest BCUT2D eigenvalue weighted by Gasteiger charge is -2.08. The number of hydrogen-bond acceptors (Lipinski definition) is 3. The second-order valence-corrected chi connectivity index (χ2v) is 5.32. The maximum absolute atomic E-state index is 13.7. The molecule has 2 rings (SSSR count). The Morgan fingerprint density at radius 2 is 2.00 bits per heavy atom. The molecule has 2 aromatic rings. The summed E-state index contributed by atoms with van der Waals surface area (Å²) >= 11 is 9.14. The van der Waals surface area contributed by atoms with Crippen LogP contribution < -0.4 is 5.32 Å². The molecule has 0 bridgehead atoms. The zero-order valence-electron chi connectivity index (χ0n) is 10.3. The topological polar surface area (TPSA) is 72.2 Å². The highest BCUT2D eigenvalue weighted by Gasteiger charge is 2.17. The molecule has 1 N–H and O–H groups in total. The Hall–Kier alpha value is -1.99. The summed E-state index contributed by atoms with van der Waals surface area (Å²) in [5.41, 5.74) is -0.435. The molecule has 2 aromatic carbocycles. The summed E-state index contributed by atoms with van der Waals surface area (Å²) in [6.07, 6.45) is 0. The van der Waals surface area contributed by atoms with Crippen LogP contribution in [0.15, 0.2) is 40.9 Å². The molecule has 0 aliphatic carbocycles. The van der Waals surface area contributed by atoms with Gasteiger partial charge in [-0.3, -0.25) is 14.9 Å². The molecule has 8 heteroatoms. The normalized spacial score (nSPS) is 10.2. The summed E-state index contributed by atoms with van der Waals surface area (Å²) in [7, 11) is 0. The van der Waals surface area contributed by atoms with Crippen LogP contribution in [0.1, 0.15) is 10.4 Å². The van der Waals surface area contributed by atoms with Crippen LogP contribution in [0.25, 0.3) is 0 Å². The third kappa shape index (κ3) is 3.56. The van der Waals surface area contributed by atoms with Gasteiger partial charge in [0.2, 0.25) is 0 Å². The van der Waals surface area contributed by atoms with Crippen molar-refractivity contribution in [3.05, 3.63) is 67.4 Å². The zero-order valence-corrected chi connectivity index (χ0v) is 12.6. The molecule has 0 fully saturated rings. The number of hydrogen-bond donors (Lipinski definition) is 1. The lowest BCUT2D eigenvalue weighted by atomic mass is 10.1. The Labute approximate surface area is 132 Å². The molecule has 0 atom stereocenters. The first-order chi connectivity index (χ1) is 9.88. The van der Waals surface area contributed by atoms with Crippen molar-refractivity contribution in [2.45, 2.75) is 0 Å². The summed E-state index contributed by atoms with van der Waals surface area (Å²) in [6.45, 7) is 0. The molecule has 0 heterocycles. The van der Waals surface area contributed by atoms with E-state index < -0.39 is 22.3 Å². The van der Waals surface area contributed by atoms with E-state index in [0.717, 1.165) is 12.1 Å². The Balaban J connectivity index is 2.28. The molecule has 0 spiro atoms. The van der Waals surface area contributed by atoms with Gasteiger partial charge in [0.05, 0.1) is 27.3 Å². The Morgan fingerprint density at radius 3 is 2.62 bits per heavy atom. The van der Waals surface area contributed by atoms with E-state index in [1.807, 2.05) is 0 Å². The van der Waals surface area contributed by atoms with Crippen molar-refractivity contribution in [1.82, 2.24) is 0 Å². The van der Waals surface area contributed by atoms with Crippen molar-refractivity contribution in [3.8, 4) is 0 Å². The minimum Gasteiger partial charge on any atom is -0.321 e. The summed E-state index contributed by atoms with van der Waals surface area (Å²) in [5, 5.41) is 13.3. The van der Waals surface area contributed by atoms with Crippen LogP contribution in [-0.2, 0) is 0 Å². The van der Waals surface area contributed by atoms with E-state index in [1.165, 1.54) is 0 Å². The van der Waals surface area contributed by atoms with Gasteiger partial charge >= 0.3 is 0 Å².